The van der Waals surface area contributed by atoms with Gasteiger partial charge in [0.2, 0.25) is 5.36 Å². The number of amides is 1. The molecule has 0 unspecified atom stereocenters. The minimum Gasteiger partial charge on any atom is -0.478 e. The molecule has 8 rings (SSSR count). The molecular formula is C42H46N3O7+. The van der Waals surface area contributed by atoms with Crippen molar-refractivity contribution in [2.45, 2.75) is 51.4 Å². The number of nitrogens with one attached hydrogen (secondary N) is 1. The highest BCUT2D eigenvalue weighted by Gasteiger charge is 2.36. The van der Waals surface area contributed by atoms with Crippen LogP contribution in [-0.4, -0.2) is 89.3 Å². The van der Waals surface area contributed by atoms with Crippen molar-refractivity contribution in [2.75, 3.05) is 77.3 Å². The molecular weight excluding hydrogens is 658 g/mol. The van der Waals surface area contributed by atoms with E-state index in [9.17, 15) is 14.7 Å². The van der Waals surface area contributed by atoms with Crippen LogP contribution in [-0.2, 0) is 39.9 Å². The molecule has 0 radical (unpaired) electrons. The molecule has 3 aromatic rings. The number of rotatable bonds is 13. The molecule has 0 saturated heterocycles. The molecule has 52 heavy (non-hydrogen) atoms. The van der Waals surface area contributed by atoms with Crippen molar-refractivity contribution < 1.29 is 33.6 Å². The van der Waals surface area contributed by atoms with Gasteiger partial charge >= 0.3 is 5.97 Å². The normalized spacial score (nSPS) is 16.6. The summed E-state index contributed by atoms with van der Waals surface area (Å²) in [6, 6.07) is 9.62. The van der Waals surface area contributed by atoms with Gasteiger partial charge in [0.05, 0.1) is 44.2 Å². The number of hydrogen-bond donors (Lipinski definition) is 2. The van der Waals surface area contributed by atoms with Gasteiger partial charge in [-0.05, 0) is 73.9 Å². The van der Waals surface area contributed by atoms with E-state index >= 15 is 0 Å². The third-order valence-electron chi connectivity index (χ3n) is 10.9. The average Bonchev–Trinajstić information content (AvgIpc) is 3.16. The van der Waals surface area contributed by atoms with Gasteiger partial charge < -0.3 is 34.3 Å². The number of hydrogen-bond acceptors (Lipinski definition) is 7. The Morgan fingerprint density at radius 1 is 0.846 bits per heavy atom. The van der Waals surface area contributed by atoms with E-state index in [1.807, 2.05) is 6.07 Å². The number of terminal acetylenes is 1. The maximum Gasteiger partial charge on any atom is 0.336 e. The number of carboxylic acids is 1. The molecule has 0 saturated carbocycles. The number of benzene rings is 3. The third kappa shape index (κ3) is 6.46. The van der Waals surface area contributed by atoms with Crippen LogP contribution in [0, 0.1) is 12.3 Å². The van der Waals surface area contributed by atoms with Crippen molar-refractivity contribution in [3.05, 3.63) is 85.4 Å². The van der Waals surface area contributed by atoms with Crippen LogP contribution in [0.1, 0.15) is 79.8 Å². The van der Waals surface area contributed by atoms with Crippen LogP contribution >= 0.6 is 0 Å². The lowest BCUT2D eigenvalue weighted by molar-refractivity contribution is 0.0209. The molecule has 10 nitrogen and oxygen atoms in total. The fourth-order valence-electron chi connectivity index (χ4n) is 8.79. The second kappa shape index (κ2) is 15.1. The van der Waals surface area contributed by atoms with Crippen molar-refractivity contribution in [3.63, 3.8) is 0 Å². The molecule has 0 aliphatic carbocycles. The lowest BCUT2D eigenvalue weighted by Crippen LogP contribution is -2.45. The van der Waals surface area contributed by atoms with E-state index in [4.69, 9.17) is 25.4 Å². The van der Waals surface area contributed by atoms with Crippen LogP contribution in [0.5, 0.6) is 11.5 Å². The second-order valence-electron chi connectivity index (χ2n) is 14.1. The molecule has 0 aromatic heterocycles. The van der Waals surface area contributed by atoms with Crippen LogP contribution in [0.2, 0.25) is 0 Å². The van der Waals surface area contributed by atoms with Gasteiger partial charge in [-0.25, -0.2) is 9.37 Å². The zero-order valence-corrected chi connectivity index (χ0v) is 29.7. The van der Waals surface area contributed by atoms with Gasteiger partial charge in [-0.3, -0.25) is 4.79 Å². The summed E-state index contributed by atoms with van der Waals surface area (Å²) < 4.78 is 25.8. The molecule has 5 aliphatic rings. The monoisotopic (exact) mass is 704 g/mol. The van der Waals surface area contributed by atoms with E-state index in [1.165, 1.54) is 39.4 Å². The van der Waals surface area contributed by atoms with Crippen molar-refractivity contribution >= 4 is 23.1 Å². The number of anilines is 1. The van der Waals surface area contributed by atoms with Gasteiger partial charge in [0.15, 0.2) is 0 Å². The number of nitrogens with zero attached hydrogens (tertiary/aromatic N) is 2. The van der Waals surface area contributed by atoms with Gasteiger partial charge in [0, 0.05) is 71.2 Å². The third-order valence-corrected chi connectivity index (χ3v) is 10.9. The van der Waals surface area contributed by atoms with Gasteiger partial charge in [-0.1, -0.05) is 12.0 Å². The number of fused-ring (bicyclic) bond motifs is 4. The zero-order chi connectivity index (χ0) is 35.6. The lowest BCUT2D eigenvalue weighted by atomic mass is 9.81. The maximum atomic E-state index is 13.3. The zero-order valence-electron chi connectivity index (χ0n) is 29.7. The quantitative estimate of drug-likeness (QED) is 0.124. The Bertz CT molecular complexity index is 2090. The summed E-state index contributed by atoms with van der Waals surface area (Å²) in [5, 5.41) is 15.9. The minimum absolute atomic E-state index is 0.0991. The summed E-state index contributed by atoms with van der Waals surface area (Å²) in [5.41, 5.74) is 9.28. The first kappa shape index (κ1) is 34.4. The van der Waals surface area contributed by atoms with E-state index < -0.39 is 5.97 Å². The van der Waals surface area contributed by atoms with Gasteiger partial charge in [-0.15, -0.1) is 6.42 Å². The summed E-state index contributed by atoms with van der Waals surface area (Å²) in [6.45, 7) is 6.67. The summed E-state index contributed by atoms with van der Waals surface area (Å²) in [5.74, 6) is 2.72. The van der Waals surface area contributed by atoms with E-state index in [0.717, 1.165) is 105 Å². The Balaban J connectivity index is 1.14. The number of carboxylic acid groups (broad SMARTS) is 1. The lowest BCUT2D eigenvalue weighted by Gasteiger charge is -2.39. The Hall–Kier alpha value is -4.69. The van der Waals surface area contributed by atoms with Crippen molar-refractivity contribution in [3.8, 4) is 23.8 Å². The van der Waals surface area contributed by atoms with Gasteiger partial charge in [-0.2, -0.15) is 0 Å². The van der Waals surface area contributed by atoms with Crippen LogP contribution in [0.3, 0.4) is 0 Å². The van der Waals surface area contributed by atoms with E-state index in [-0.39, 0.29) is 30.2 Å². The Morgan fingerprint density at radius 3 is 2.38 bits per heavy atom. The fourth-order valence-corrected chi connectivity index (χ4v) is 8.79. The first-order chi connectivity index (χ1) is 25.5. The number of carbonyl (C=O) groups excluding carboxylic acids is 1. The van der Waals surface area contributed by atoms with Crippen molar-refractivity contribution in [1.29, 1.82) is 0 Å². The van der Waals surface area contributed by atoms with Crippen molar-refractivity contribution in [2.24, 2.45) is 0 Å². The van der Waals surface area contributed by atoms with Crippen LogP contribution in [0.25, 0.3) is 5.57 Å². The molecule has 0 bridgehead atoms. The molecule has 3 aromatic carbocycles. The van der Waals surface area contributed by atoms with E-state index in [0.29, 0.717) is 38.6 Å². The fraction of sp³-hybridized carbons (Fsp3) is 0.452. The number of carbonyl (C=O) groups is 2. The predicted octanol–water partition coefficient (Wildman–Crippen LogP) is 3.23. The number of aromatic carboxylic acids is 1. The first-order valence-corrected chi connectivity index (χ1v) is 18.8. The SMILES string of the molecule is C#CCOCCOCCOCCNC(=O)c1ccc(C2=c3cc4c5c(c3Oc3c2cc2c6c3CCCN6CCC2)CCC[N+]=5CCC4)c(C(=O)O)c1. The van der Waals surface area contributed by atoms with Crippen molar-refractivity contribution in [1.82, 2.24) is 9.89 Å². The Labute approximate surface area is 304 Å². The average molecular weight is 705 g/mol. The molecule has 2 N–H and O–H groups in total. The molecule has 10 heteroatoms. The summed E-state index contributed by atoms with van der Waals surface area (Å²) in [6.07, 6.45) is 13.3. The second-order valence-corrected chi connectivity index (χ2v) is 14.1. The predicted molar refractivity (Wildman–Crippen MR) is 197 cm³/mol. The molecule has 5 heterocycles. The summed E-state index contributed by atoms with van der Waals surface area (Å²) in [4.78, 5) is 28.9. The highest BCUT2D eigenvalue weighted by Crippen LogP contribution is 2.48. The minimum atomic E-state index is -1.07. The van der Waals surface area contributed by atoms with E-state index in [1.54, 1.807) is 6.07 Å². The largest absolute Gasteiger partial charge is 0.478 e. The number of aryl methyl sites for hydroxylation is 2. The molecule has 270 valence electrons. The first-order valence-electron chi connectivity index (χ1n) is 18.8. The smallest absolute Gasteiger partial charge is 0.336 e. The van der Waals surface area contributed by atoms with Crippen LogP contribution in [0.4, 0.5) is 5.69 Å². The molecule has 0 atom stereocenters. The Morgan fingerprint density at radius 2 is 1.58 bits per heavy atom. The van der Waals surface area contributed by atoms with Gasteiger partial charge in [0.25, 0.3) is 5.91 Å². The number of ether oxygens (including phenoxy) is 4. The maximum absolute atomic E-state index is 13.3. The van der Waals surface area contributed by atoms with Crippen LogP contribution in [0.15, 0.2) is 30.3 Å². The Kier molecular flexibility index (Phi) is 10.00. The highest BCUT2D eigenvalue weighted by molar-refractivity contribution is 6.03. The standard InChI is InChI=1S/C42H45N3O7/c1-2-18-49-20-22-51-23-21-50-19-13-43-41(46)29-11-12-30(33(26-29)42(47)48)36-34-24-27-7-3-14-44-16-5-9-31(37(27)44)39(34)52-40-32-10-6-17-45-15-4-8-28(38(32)45)25-35(36)40/h1,11-12,24-26H,3-10,13-23H2,(H-,43,46,47,48)/p+1. The molecule has 5 aliphatic heterocycles. The summed E-state index contributed by atoms with van der Waals surface area (Å²) in [7, 11) is 0. The topological polar surface area (TPSA) is 110 Å². The van der Waals surface area contributed by atoms with Crippen LogP contribution < -0.4 is 30.1 Å². The molecule has 1 amide bonds. The highest BCUT2D eigenvalue weighted by atomic mass is 16.5. The molecule has 0 spiro atoms. The van der Waals surface area contributed by atoms with Gasteiger partial charge in [0.1, 0.15) is 31.2 Å². The summed E-state index contributed by atoms with van der Waals surface area (Å²) >= 11 is 0. The molecule has 0 fully saturated rings. The van der Waals surface area contributed by atoms with E-state index in [2.05, 4.69) is 32.8 Å².